The SMILES string of the molecule is CC[CH+]C(F)(F)c1ccc(CC(N)C(O)NC(CCCCNC(=O)c2ccc(CC)cc2)CC(=O)NC)cc1. The Morgan fingerprint density at radius 3 is 2.26 bits per heavy atom. The first-order valence-corrected chi connectivity index (χ1v) is 13.7. The van der Waals surface area contributed by atoms with Crippen LogP contribution >= 0.6 is 0 Å². The summed E-state index contributed by atoms with van der Waals surface area (Å²) >= 11 is 0. The van der Waals surface area contributed by atoms with E-state index in [-0.39, 0.29) is 42.7 Å². The van der Waals surface area contributed by atoms with E-state index in [1.165, 1.54) is 17.7 Å². The molecule has 39 heavy (non-hydrogen) atoms. The number of hydrogen-bond acceptors (Lipinski definition) is 5. The van der Waals surface area contributed by atoms with Crippen molar-refractivity contribution in [3.8, 4) is 0 Å². The first-order chi connectivity index (χ1) is 18.6. The fourth-order valence-electron chi connectivity index (χ4n) is 4.27. The van der Waals surface area contributed by atoms with E-state index in [0.29, 0.717) is 24.9 Å². The summed E-state index contributed by atoms with van der Waals surface area (Å²) in [4.78, 5) is 24.4. The molecule has 0 radical (unpaired) electrons. The molecule has 2 amide bonds. The van der Waals surface area contributed by atoms with E-state index >= 15 is 0 Å². The van der Waals surface area contributed by atoms with E-state index < -0.39 is 18.2 Å². The second kappa shape index (κ2) is 16.2. The maximum absolute atomic E-state index is 14.1. The van der Waals surface area contributed by atoms with Gasteiger partial charge in [-0.05, 0) is 68.0 Å². The second-order valence-electron chi connectivity index (χ2n) is 9.79. The predicted molar refractivity (Wildman–Crippen MR) is 150 cm³/mol. The molecule has 0 spiro atoms. The van der Waals surface area contributed by atoms with Gasteiger partial charge in [-0.3, -0.25) is 14.9 Å². The van der Waals surface area contributed by atoms with E-state index in [2.05, 4.69) is 22.9 Å². The standard InChI is InChI=1S/C30H42F2N4O3/c1-4-17-30(31,32)24-15-11-22(12-16-24)19-26(33)29(39)36-25(20-27(37)34-3)8-6-7-18-35-28(38)23-13-9-21(5-2)10-14-23/h9-17,25-26,29,36,39H,4-8,18-20,33H2,1-3H3,(H-,34,35,37,38)/p+1. The number of halogens is 2. The highest BCUT2D eigenvalue weighted by atomic mass is 19.3. The third kappa shape index (κ3) is 10.9. The number of nitrogens with one attached hydrogen (secondary N) is 3. The van der Waals surface area contributed by atoms with Gasteiger partial charge in [0, 0.05) is 37.7 Å². The van der Waals surface area contributed by atoms with Crippen molar-refractivity contribution >= 4 is 11.8 Å². The smallest absolute Gasteiger partial charge is 0.377 e. The molecule has 214 valence electrons. The average molecular weight is 546 g/mol. The molecule has 0 heterocycles. The summed E-state index contributed by atoms with van der Waals surface area (Å²) < 4.78 is 28.1. The number of carbonyl (C=O) groups excluding carboxylic acids is 2. The van der Waals surface area contributed by atoms with Gasteiger partial charge < -0.3 is 21.5 Å². The van der Waals surface area contributed by atoms with Gasteiger partial charge in [-0.1, -0.05) is 37.6 Å². The average Bonchev–Trinajstić information content (AvgIpc) is 2.92. The number of aryl methyl sites for hydroxylation is 1. The Balaban J connectivity index is 1.83. The lowest BCUT2D eigenvalue weighted by atomic mass is 9.99. The molecule has 0 saturated carbocycles. The van der Waals surface area contributed by atoms with E-state index in [0.717, 1.165) is 24.8 Å². The number of carbonyl (C=O) groups is 2. The Morgan fingerprint density at radius 1 is 1.03 bits per heavy atom. The lowest BCUT2D eigenvalue weighted by Gasteiger charge is -2.26. The highest BCUT2D eigenvalue weighted by molar-refractivity contribution is 5.94. The van der Waals surface area contributed by atoms with E-state index in [4.69, 9.17) is 5.73 Å². The molecule has 2 aromatic carbocycles. The number of hydrogen-bond donors (Lipinski definition) is 5. The third-order valence-corrected chi connectivity index (χ3v) is 6.68. The minimum Gasteiger partial charge on any atom is -0.377 e. The zero-order valence-electron chi connectivity index (χ0n) is 23.2. The van der Waals surface area contributed by atoms with E-state index in [9.17, 15) is 23.5 Å². The van der Waals surface area contributed by atoms with Gasteiger partial charge in [-0.15, -0.1) is 0 Å². The molecule has 0 aromatic heterocycles. The minimum absolute atomic E-state index is 0.0865. The number of aliphatic hydroxyl groups is 1. The van der Waals surface area contributed by atoms with Gasteiger partial charge in [-0.25, -0.2) is 0 Å². The van der Waals surface area contributed by atoms with Crippen molar-refractivity contribution in [1.82, 2.24) is 16.0 Å². The van der Waals surface area contributed by atoms with Crippen molar-refractivity contribution in [1.29, 1.82) is 0 Å². The topological polar surface area (TPSA) is 116 Å². The summed E-state index contributed by atoms with van der Waals surface area (Å²) in [5.41, 5.74) is 8.63. The second-order valence-corrected chi connectivity index (χ2v) is 9.79. The number of benzene rings is 2. The van der Waals surface area contributed by atoms with Crippen LogP contribution in [0.5, 0.6) is 0 Å². The predicted octanol–water partition coefficient (Wildman–Crippen LogP) is 3.84. The number of amides is 2. The van der Waals surface area contributed by atoms with Crippen LogP contribution < -0.4 is 21.7 Å². The van der Waals surface area contributed by atoms with Crippen molar-refractivity contribution < 1.29 is 23.5 Å². The molecule has 0 aliphatic rings. The number of rotatable bonds is 17. The molecule has 0 aliphatic carbocycles. The summed E-state index contributed by atoms with van der Waals surface area (Å²) in [6.45, 7) is 4.22. The third-order valence-electron chi connectivity index (χ3n) is 6.68. The molecular formula is C30H43F2N4O3+. The minimum atomic E-state index is -2.99. The van der Waals surface area contributed by atoms with Gasteiger partial charge in [0.2, 0.25) is 5.91 Å². The summed E-state index contributed by atoms with van der Waals surface area (Å²) in [5.74, 6) is -3.29. The number of unbranched alkanes of at least 4 members (excludes halogenated alkanes) is 1. The molecule has 6 N–H and O–H groups in total. The molecule has 0 bridgehead atoms. The normalized spacial score (nSPS) is 13.8. The number of aliphatic hydroxyl groups excluding tert-OH is 1. The monoisotopic (exact) mass is 545 g/mol. The fraction of sp³-hybridized carbons (Fsp3) is 0.500. The van der Waals surface area contributed by atoms with Gasteiger partial charge in [0.05, 0.1) is 12.0 Å². The summed E-state index contributed by atoms with van der Waals surface area (Å²) in [5, 5.41) is 19.2. The van der Waals surface area contributed by atoms with Crippen molar-refractivity contribution in [3.05, 3.63) is 77.2 Å². The Bertz CT molecular complexity index is 1020. The maximum atomic E-state index is 14.1. The van der Waals surface area contributed by atoms with Crippen molar-refractivity contribution in [2.45, 2.75) is 83.0 Å². The molecule has 0 aliphatic heterocycles. The van der Waals surface area contributed by atoms with Crippen molar-refractivity contribution in [3.63, 3.8) is 0 Å². The van der Waals surface area contributed by atoms with Gasteiger partial charge in [0.25, 0.3) is 5.91 Å². The van der Waals surface area contributed by atoms with Crippen LogP contribution in [-0.4, -0.2) is 48.8 Å². The van der Waals surface area contributed by atoms with Gasteiger partial charge in [0.1, 0.15) is 6.23 Å². The first-order valence-electron chi connectivity index (χ1n) is 13.7. The summed E-state index contributed by atoms with van der Waals surface area (Å²) in [6, 6.07) is 12.4. The highest BCUT2D eigenvalue weighted by Crippen LogP contribution is 2.32. The zero-order chi connectivity index (χ0) is 28.8. The van der Waals surface area contributed by atoms with Crippen LogP contribution in [0.25, 0.3) is 0 Å². The van der Waals surface area contributed by atoms with Crippen LogP contribution in [0.15, 0.2) is 48.5 Å². The lowest BCUT2D eigenvalue weighted by molar-refractivity contribution is -0.121. The molecule has 0 saturated heterocycles. The highest BCUT2D eigenvalue weighted by Gasteiger charge is 2.39. The first kappa shape index (κ1) is 32.2. The largest absolute Gasteiger partial charge is 0.413 e. The Kier molecular flexibility index (Phi) is 13.4. The van der Waals surface area contributed by atoms with Crippen LogP contribution in [-0.2, 0) is 23.6 Å². The van der Waals surface area contributed by atoms with Crippen LogP contribution in [0, 0.1) is 6.42 Å². The van der Waals surface area contributed by atoms with Gasteiger partial charge >= 0.3 is 5.92 Å². The molecule has 7 nitrogen and oxygen atoms in total. The zero-order valence-corrected chi connectivity index (χ0v) is 23.2. The number of nitrogens with two attached hydrogens (primary N) is 1. The maximum Gasteiger partial charge on any atom is 0.413 e. The van der Waals surface area contributed by atoms with Crippen LogP contribution in [0.1, 0.15) is 73.0 Å². The van der Waals surface area contributed by atoms with Crippen LogP contribution in [0.4, 0.5) is 8.78 Å². The molecule has 2 rings (SSSR count). The van der Waals surface area contributed by atoms with Gasteiger partial charge in [-0.2, -0.15) is 8.78 Å². The molecule has 9 heteroatoms. The van der Waals surface area contributed by atoms with E-state index in [1.54, 1.807) is 26.1 Å². The Labute approximate surface area is 230 Å². The van der Waals surface area contributed by atoms with Crippen molar-refractivity contribution in [2.24, 2.45) is 5.73 Å². The quantitative estimate of drug-likeness (QED) is 0.118. The fourth-order valence-corrected chi connectivity index (χ4v) is 4.27. The van der Waals surface area contributed by atoms with Crippen LogP contribution in [0.2, 0.25) is 0 Å². The Hall–Kier alpha value is -3.01. The summed E-state index contributed by atoms with van der Waals surface area (Å²) in [6.07, 6.45) is 3.50. The van der Waals surface area contributed by atoms with Crippen LogP contribution in [0.3, 0.4) is 0 Å². The molecule has 3 atom stereocenters. The molecule has 0 fully saturated rings. The lowest BCUT2D eigenvalue weighted by Crippen LogP contribution is -2.51. The Morgan fingerprint density at radius 2 is 1.67 bits per heavy atom. The van der Waals surface area contributed by atoms with Crippen molar-refractivity contribution in [2.75, 3.05) is 13.6 Å². The molecular weight excluding hydrogens is 502 g/mol. The molecule has 3 unspecified atom stereocenters. The van der Waals surface area contributed by atoms with E-state index in [1.807, 2.05) is 24.3 Å². The van der Waals surface area contributed by atoms with Gasteiger partial charge in [0.15, 0.2) is 6.42 Å². The number of alkyl halides is 2. The molecule has 2 aromatic rings. The summed E-state index contributed by atoms with van der Waals surface area (Å²) in [7, 11) is 1.55.